The molecule has 2 rings (SSSR count). The minimum absolute atomic E-state index is 0.0289. The van der Waals surface area contributed by atoms with Gasteiger partial charge >= 0.3 is 13.2 Å². The summed E-state index contributed by atoms with van der Waals surface area (Å²) in [4.78, 5) is 22.1. The van der Waals surface area contributed by atoms with E-state index in [0.717, 1.165) is 12.7 Å². The fraction of sp³-hybridized carbons (Fsp3) is 0.750. The third-order valence-corrected chi connectivity index (χ3v) is 6.68. The molecule has 2 fully saturated rings. The highest BCUT2D eigenvalue weighted by Gasteiger charge is 2.49. The van der Waals surface area contributed by atoms with E-state index in [0.29, 0.717) is 28.5 Å². The summed E-state index contributed by atoms with van der Waals surface area (Å²) in [7, 11) is 1.35. The molecule has 0 aromatic carbocycles. The minimum atomic E-state index is -0.164. The second kappa shape index (κ2) is 4.90. The lowest BCUT2D eigenvalue weighted by molar-refractivity contribution is -0.141. The molecule has 7 heteroatoms. The third-order valence-electron chi connectivity index (χ3n) is 3.13. The van der Waals surface area contributed by atoms with Gasteiger partial charge in [0.25, 0.3) is 0 Å². The number of fused-ring (bicyclic) bond motifs is 1. The molecule has 1 aliphatic carbocycles. The molecule has 4 nitrogen and oxygen atoms in total. The van der Waals surface area contributed by atoms with Crippen molar-refractivity contribution < 1.29 is 19.3 Å². The lowest BCUT2D eigenvalue weighted by atomic mass is 9.95. The summed E-state index contributed by atoms with van der Waals surface area (Å²) in [6, 6.07) is 0. The van der Waals surface area contributed by atoms with Crippen molar-refractivity contribution >= 4 is 35.9 Å². The highest BCUT2D eigenvalue weighted by molar-refractivity contribution is 8.24. The maximum atomic E-state index is 11.1. The van der Waals surface area contributed by atoms with E-state index in [-0.39, 0.29) is 31.1 Å². The first-order valence-corrected chi connectivity index (χ1v) is 8.28. The van der Waals surface area contributed by atoms with E-state index >= 15 is 0 Å². The lowest BCUT2D eigenvalue weighted by Crippen LogP contribution is -2.18. The molecule has 0 aromatic rings. The van der Waals surface area contributed by atoms with Crippen molar-refractivity contribution in [3.63, 3.8) is 0 Å². The quantitative estimate of drug-likeness (QED) is 0.329. The molecule has 3 unspecified atom stereocenters. The number of carbonyl (C=O) groups is 2. The second-order valence-electron chi connectivity index (χ2n) is 3.93. The van der Waals surface area contributed by atoms with Crippen LogP contribution in [0.1, 0.15) is 12.8 Å². The van der Waals surface area contributed by atoms with Crippen molar-refractivity contribution in [1.29, 1.82) is 0 Å². The molecule has 2 aliphatic rings. The summed E-state index contributed by atoms with van der Waals surface area (Å²) in [5, 5.41) is 8.78. The molecular weight excluding hydrogens is 233 g/mol. The molecule has 82 valence electrons. The molecule has 1 N–H and O–H groups in total. The predicted molar refractivity (Wildman–Crippen MR) is 61.9 cm³/mol. The predicted octanol–water partition coefficient (Wildman–Crippen LogP) is 0.0363. The van der Waals surface area contributed by atoms with Crippen LogP contribution < -0.4 is 0 Å². The van der Waals surface area contributed by atoms with Crippen LogP contribution in [0.15, 0.2) is 0 Å². The summed E-state index contributed by atoms with van der Waals surface area (Å²) < 4.78 is 5.17. The maximum absolute atomic E-state index is 11.1. The van der Waals surface area contributed by atoms with Crippen molar-refractivity contribution in [2.45, 2.75) is 24.6 Å². The van der Waals surface area contributed by atoms with E-state index < -0.39 is 0 Å². The molecule has 6 atom stereocenters. The van der Waals surface area contributed by atoms with Crippen LogP contribution in [-0.4, -0.2) is 36.2 Å². The molecule has 1 aliphatic heterocycles. The summed E-state index contributed by atoms with van der Waals surface area (Å²) in [5.74, 6) is -0.0851. The van der Waals surface area contributed by atoms with Crippen LogP contribution in [0.4, 0.5) is 0 Å². The van der Waals surface area contributed by atoms with Gasteiger partial charge in [0.05, 0.1) is 6.42 Å². The molecule has 0 aromatic heterocycles. The summed E-state index contributed by atoms with van der Waals surface area (Å²) in [6.07, 6.45) is 2.16. The Morgan fingerprint density at radius 2 is 2.40 bits per heavy atom. The zero-order valence-electron chi connectivity index (χ0n) is 8.18. The molecule has 0 amide bonds. The summed E-state index contributed by atoms with van der Waals surface area (Å²) in [6.45, 7) is 0. The van der Waals surface area contributed by atoms with Crippen molar-refractivity contribution in [3.05, 3.63) is 0 Å². The highest BCUT2D eigenvalue weighted by atomic mass is 32.0. The molecule has 15 heavy (non-hydrogen) atoms. The Kier molecular flexibility index (Phi) is 3.76. The molecule has 1 saturated carbocycles. The number of esters is 1. The van der Waals surface area contributed by atoms with Gasteiger partial charge in [0.15, 0.2) is 0 Å². The van der Waals surface area contributed by atoms with Crippen LogP contribution in [0.25, 0.3) is 0 Å². The first-order valence-electron chi connectivity index (χ1n) is 5.00. The topological polar surface area (TPSA) is 63.6 Å². The number of carbonyl (C=O) groups excluding carboxylic acids is 2. The minimum Gasteiger partial charge on any atom is -0.462 e. The monoisotopic (exact) mass is 246 g/mol. The van der Waals surface area contributed by atoms with E-state index in [1.165, 1.54) is 0 Å². The van der Waals surface area contributed by atoms with Gasteiger partial charge in [-0.3, -0.25) is 4.79 Å². The van der Waals surface area contributed by atoms with Gasteiger partial charge in [0.1, 0.15) is 12.4 Å². The number of hydrogen-bond donors (Lipinski definition) is 1. The Bertz CT molecular complexity index is 275. The van der Waals surface area contributed by atoms with Crippen molar-refractivity contribution in [2.24, 2.45) is 11.8 Å². The molecule has 0 bridgehead atoms. The van der Waals surface area contributed by atoms with Crippen LogP contribution in [-0.2, 0) is 14.3 Å². The van der Waals surface area contributed by atoms with Crippen molar-refractivity contribution in [2.75, 3.05) is 0 Å². The van der Waals surface area contributed by atoms with Gasteiger partial charge in [-0.25, -0.2) is 0 Å². The molecule has 0 radical (unpaired) electrons. The Hall–Kier alpha value is 0.0249. The Morgan fingerprint density at radius 1 is 1.60 bits per heavy atom. The first kappa shape index (κ1) is 11.5. The Balaban J connectivity index is 2.00. The largest absolute Gasteiger partial charge is 0.462 e. The molecular formula is C8H13BO4P2. The standard InChI is InChI=1S/C8H13BO4P2/c10-3-5-4-1-8(11)13-6(4)2-7(5)14-15-9-12/h3-7,9,12,14-15H,1-2H2/t4-,5-,6?,7-/m1/s1. The lowest BCUT2D eigenvalue weighted by Gasteiger charge is -2.15. The average Bonchev–Trinajstić information content (AvgIpc) is 2.70. The van der Waals surface area contributed by atoms with Gasteiger partial charge in [-0.2, -0.15) is 0 Å². The number of rotatable bonds is 4. The van der Waals surface area contributed by atoms with E-state index in [1.807, 2.05) is 0 Å². The number of ether oxygens (including phenoxy) is 1. The van der Waals surface area contributed by atoms with Crippen LogP contribution in [0.5, 0.6) is 0 Å². The molecule has 1 heterocycles. The van der Waals surface area contributed by atoms with E-state index in [4.69, 9.17) is 9.76 Å². The number of aldehydes is 1. The van der Waals surface area contributed by atoms with E-state index in [9.17, 15) is 9.59 Å². The van der Waals surface area contributed by atoms with Gasteiger partial charge < -0.3 is 14.6 Å². The second-order valence-corrected chi connectivity index (χ2v) is 7.56. The Labute approximate surface area is 92.2 Å². The van der Waals surface area contributed by atoms with E-state index in [1.54, 1.807) is 0 Å². The average molecular weight is 246 g/mol. The first-order chi connectivity index (χ1) is 7.26. The Morgan fingerprint density at radius 3 is 3.07 bits per heavy atom. The maximum Gasteiger partial charge on any atom is 0.306 e. The summed E-state index contributed by atoms with van der Waals surface area (Å²) in [5.41, 5.74) is 0.330. The van der Waals surface area contributed by atoms with Gasteiger partial charge in [0.2, 0.25) is 0 Å². The van der Waals surface area contributed by atoms with Crippen molar-refractivity contribution in [1.82, 2.24) is 0 Å². The number of hydrogen-bond acceptors (Lipinski definition) is 4. The zero-order chi connectivity index (χ0) is 10.8. The van der Waals surface area contributed by atoms with E-state index in [2.05, 4.69) is 0 Å². The van der Waals surface area contributed by atoms with Crippen LogP contribution in [0.3, 0.4) is 0 Å². The summed E-state index contributed by atoms with van der Waals surface area (Å²) >= 11 is 0. The van der Waals surface area contributed by atoms with Gasteiger partial charge in [-0.15, -0.1) is 16.4 Å². The highest BCUT2D eigenvalue weighted by Crippen LogP contribution is 2.53. The smallest absolute Gasteiger partial charge is 0.306 e. The van der Waals surface area contributed by atoms with Crippen molar-refractivity contribution in [3.8, 4) is 0 Å². The van der Waals surface area contributed by atoms with Gasteiger partial charge in [-0.1, -0.05) is 0 Å². The van der Waals surface area contributed by atoms with Crippen LogP contribution >= 0.6 is 16.4 Å². The van der Waals surface area contributed by atoms with Crippen LogP contribution in [0, 0.1) is 11.8 Å². The molecule has 0 spiro atoms. The SMILES string of the molecule is O=C[C@H]1[C@H](PPBO)CC2OC(=O)C[C@@H]21. The zero-order valence-corrected chi connectivity index (χ0v) is 10.2. The molecule has 1 saturated heterocycles. The third kappa shape index (κ3) is 2.25. The van der Waals surface area contributed by atoms with Gasteiger partial charge in [0, 0.05) is 11.8 Å². The normalized spacial score (nSPS) is 40.2. The fourth-order valence-electron chi connectivity index (χ4n) is 2.47. The fourth-order valence-corrected chi connectivity index (χ4v) is 5.68. The van der Waals surface area contributed by atoms with Crippen LogP contribution in [0.2, 0.25) is 0 Å². The van der Waals surface area contributed by atoms with Gasteiger partial charge in [-0.05, 0) is 12.1 Å².